The Labute approximate surface area is 222 Å². The number of aryl methyl sites for hydroxylation is 2. The molecule has 0 saturated carbocycles. The van der Waals surface area contributed by atoms with E-state index < -0.39 is 11.9 Å². The van der Waals surface area contributed by atoms with Gasteiger partial charge in [-0.15, -0.1) is 0 Å². The standard InChI is InChI=1S/C32H31NO5/c34-30(35)12-5-21-33-23-27(17-20-31(36)37)32-26(10-4-11-29(32)33)16-13-25-14-18-28(19-15-25)38-22-6-9-24-7-2-1-3-8-24/h1-4,7-8,10-11,13-20,23H,5-6,9,12,21-22H2,(H,34,35)(H,36,37)/b16-13?,20-17+. The molecule has 0 unspecified atom stereocenters. The van der Waals surface area contributed by atoms with Crippen molar-refractivity contribution in [1.29, 1.82) is 0 Å². The fourth-order valence-corrected chi connectivity index (χ4v) is 4.40. The zero-order valence-corrected chi connectivity index (χ0v) is 21.1. The molecule has 6 nitrogen and oxygen atoms in total. The summed E-state index contributed by atoms with van der Waals surface area (Å²) >= 11 is 0. The maximum atomic E-state index is 11.2. The minimum Gasteiger partial charge on any atom is -0.494 e. The Morgan fingerprint density at radius 3 is 2.34 bits per heavy atom. The monoisotopic (exact) mass is 509 g/mol. The van der Waals surface area contributed by atoms with Gasteiger partial charge in [0.2, 0.25) is 0 Å². The molecule has 0 amide bonds. The Morgan fingerprint density at radius 1 is 0.816 bits per heavy atom. The second-order valence-electron chi connectivity index (χ2n) is 9.03. The highest BCUT2D eigenvalue weighted by atomic mass is 16.5. The first-order chi connectivity index (χ1) is 18.5. The number of carboxylic acids is 2. The van der Waals surface area contributed by atoms with Gasteiger partial charge in [0, 0.05) is 41.7 Å². The number of aromatic nitrogens is 1. The lowest BCUT2D eigenvalue weighted by atomic mass is 10.0. The third kappa shape index (κ3) is 7.46. The van der Waals surface area contributed by atoms with Gasteiger partial charge in [0.1, 0.15) is 5.75 Å². The fraction of sp³-hybridized carbons (Fsp3) is 0.188. The largest absolute Gasteiger partial charge is 0.494 e. The van der Waals surface area contributed by atoms with E-state index >= 15 is 0 Å². The Hall–Kier alpha value is -4.58. The smallest absolute Gasteiger partial charge is 0.328 e. The van der Waals surface area contributed by atoms with Gasteiger partial charge >= 0.3 is 11.9 Å². The Kier molecular flexibility index (Phi) is 9.13. The number of fused-ring (bicyclic) bond motifs is 1. The lowest BCUT2D eigenvalue weighted by molar-refractivity contribution is -0.137. The summed E-state index contributed by atoms with van der Waals surface area (Å²) in [5.74, 6) is -1.02. The number of hydrogen-bond donors (Lipinski definition) is 2. The number of hydrogen-bond acceptors (Lipinski definition) is 3. The molecule has 0 spiro atoms. The van der Waals surface area contributed by atoms with Crippen molar-refractivity contribution in [2.24, 2.45) is 0 Å². The van der Waals surface area contributed by atoms with Crippen LogP contribution in [0, 0.1) is 0 Å². The zero-order chi connectivity index (χ0) is 26.7. The fourth-order valence-electron chi connectivity index (χ4n) is 4.40. The first-order valence-electron chi connectivity index (χ1n) is 12.7. The van der Waals surface area contributed by atoms with Gasteiger partial charge in [-0.1, -0.05) is 66.7 Å². The molecule has 3 aromatic carbocycles. The average molecular weight is 510 g/mol. The van der Waals surface area contributed by atoms with Crippen LogP contribution in [0.3, 0.4) is 0 Å². The first kappa shape index (κ1) is 26.5. The van der Waals surface area contributed by atoms with E-state index in [0.29, 0.717) is 19.6 Å². The summed E-state index contributed by atoms with van der Waals surface area (Å²) in [4.78, 5) is 22.1. The Bertz CT molecular complexity index is 1430. The van der Waals surface area contributed by atoms with E-state index in [2.05, 4.69) is 24.3 Å². The molecule has 0 bridgehead atoms. The first-order valence-corrected chi connectivity index (χ1v) is 12.7. The highest BCUT2D eigenvalue weighted by Crippen LogP contribution is 2.28. The van der Waals surface area contributed by atoms with Crippen LogP contribution in [0.25, 0.3) is 29.1 Å². The van der Waals surface area contributed by atoms with Gasteiger partial charge in [-0.3, -0.25) is 4.79 Å². The topological polar surface area (TPSA) is 88.8 Å². The molecule has 1 heterocycles. The van der Waals surface area contributed by atoms with Crippen molar-refractivity contribution in [2.75, 3.05) is 6.61 Å². The van der Waals surface area contributed by atoms with Gasteiger partial charge in [-0.2, -0.15) is 0 Å². The van der Waals surface area contributed by atoms with Crippen LogP contribution >= 0.6 is 0 Å². The summed E-state index contributed by atoms with van der Waals surface area (Å²) in [5.41, 5.74) is 4.98. The van der Waals surface area contributed by atoms with Crippen molar-refractivity contribution in [1.82, 2.24) is 4.57 Å². The molecular formula is C32H31NO5. The Morgan fingerprint density at radius 2 is 1.61 bits per heavy atom. The maximum Gasteiger partial charge on any atom is 0.328 e. The molecular weight excluding hydrogens is 478 g/mol. The minimum absolute atomic E-state index is 0.0757. The minimum atomic E-state index is -1.02. The van der Waals surface area contributed by atoms with Crippen LogP contribution in [0.4, 0.5) is 0 Å². The third-order valence-electron chi connectivity index (χ3n) is 6.22. The Balaban J connectivity index is 1.46. The lowest BCUT2D eigenvalue weighted by Gasteiger charge is -2.07. The number of carboxylic acid groups (broad SMARTS) is 2. The summed E-state index contributed by atoms with van der Waals surface area (Å²) in [6.07, 6.45) is 11.1. The van der Waals surface area contributed by atoms with Gasteiger partial charge in [0.05, 0.1) is 6.61 Å². The highest BCUT2D eigenvalue weighted by molar-refractivity contribution is 5.99. The third-order valence-corrected chi connectivity index (χ3v) is 6.22. The number of benzene rings is 3. The zero-order valence-electron chi connectivity index (χ0n) is 21.1. The average Bonchev–Trinajstić information content (AvgIpc) is 3.28. The molecule has 0 aliphatic carbocycles. The van der Waals surface area contributed by atoms with Gasteiger partial charge < -0.3 is 19.5 Å². The van der Waals surface area contributed by atoms with E-state index in [1.807, 2.05) is 71.4 Å². The van der Waals surface area contributed by atoms with Crippen molar-refractivity contribution in [2.45, 2.75) is 32.2 Å². The number of aliphatic carboxylic acids is 2. The van der Waals surface area contributed by atoms with Crippen LogP contribution in [-0.2, 0) is 22.6 Å². The van der Waals surface area contributed by atoms with E-state index in [4.69, 9.17) is 14.9 Å². The molecule has 6 heteroatoms. The van der Waals surface area contributed by atoms with E-state index in [-0.39, 0.29) is 6.42 Å². The molecule has 0 fully saturated rings. The molecule has 4 aromatic rings. The van der Waals surface area contributed by atoms with Crippen molar-refractivity contribution in [3.05, 3.63) is 107 Å². The number of rotatable bonds is 13. The van der Waals surface area contributed by atoms with Crippen LogP contribution in [0.2, 0.25) is 0 Å². The molecule has 0 aliphatic rings. The van der Waals surface area contributed by atoms with Crippen molar-refractivity contribution in [3.8, 4) is 5.75 Å². The van der Waals surface area contributed by atoms with Crippen LogP contribution in [0.5, 0.6) is 5.75 Å². The molecule has 4 rings (SSSR count). The molecule has 0 atom stereocenters. The normalized spacial score (nSPS) is 11.5. The molecule has 1 aromatic heterocycles. The predicted molar refractivity (Wildman–Crippen MR) is 151 cm³/mol. The predicted octanol–water partition coefficient (Wildman–Crippen LogP) is 6.79. The van der Waals surface area contributed by atoms with E-state index in [1.165, 1.54) is 5.56 Å². The van der Waals surface area contributed by atoms with Gasteiger partial charge in [0.15, 0.2) is 0 Å². The number of ether oxygens (including phenoxy) is 1. The second-order valence-corrected chi connectivity index (χ2v) is 9.03. The summed E-state index contributed by atoms with van der Waals surface area (Å²) < 4.78 is 7.88. The van der Waals surface area contributed by atoms with Crippen molar-refractivity contribution in [3.63, 3.8) is 0 Å². The molecule has 2 N–H and O–H groups in total. The van der Waals surface area contributed by atoms with E-state index in [1.54, 1.807) is 6.08 Å². The number of carbonyl (C=O) groups is 2. The lowest BCUT2D eigenvalue weighted by Crippen LogP contribution is -2.00. The van der Waals surface area contributed by atoms with Gasteiger partial charge in [-0.05, 0) is 60.2 Å². The van der Waals surface area contributed by atoms with Crippen LogP contribution in [-0.4, -0.2) is 33.3 Å². The highest BCUT2D eigenvalue weighted by Gasteiger charge is 2.11. The molecule has 38 heavy (non-hydrogen) atoms. The number of nitrogens with zero attached hydrogens (tertiary/aromatic N) is 1. The van der Waals surface area contributed by atoms with E-state index in [0.717, 1.165) is 52.3 Å². The van der Waals surface area contributed by atoms with Crippen molar-refractivity contribution >= 4 is 41.1 Å². The summed E-state index contributed by atoms with van der Waals surface area (Å²) in [5, 5.41) is 19.1. The van der Waals surface area contributed by atoms with Crippen LogP contribution in [0.1, 0.15) is 41.5 Å². The molecule has 0 saturated heterocycles. The van der Waals surface area contributed by atoms with Crippen molar-refractivity contribution < 1.29 is 24.5 Å². The maximum absolute atomic E-state index is 11.2. The summed E-state index contributed by atoms with van der Waals surface area (Å²) in [6.45, 7) is 1.19. The van der Waals surface area contributed by atoms with Crippen LogP contribution in [0.15, 0.2) is 85.1 Å². The molecule has 0 radical (unpaired) electrons. The van der Waals surface area contributed by atoms with Gasteiger partial charge in [0.25, 0.3) is 0 Å². The summed E-state index contributed by atoms with van der Waals surface area (Å²) in [7, 11) is 0. The second kappa shape index (κ2) is 13.1. The quantitative estimate of drug-likeness (QED) is 0.118. The van der Waals surface area contributed by atoms with Crippen LogP contribution < -0.4 is 4.74 Å². The molecule has 0 aliphatic heterocycles. The van der Waals surface area contributed by atoms with E-state index in [9.17, 15) is 9.59 Å². The SMILES string of the molecule is O=C(O)/C=C/c1cn(CCCC(=O)O)c2cccc(C=Cc3ccc(OCCCc4ccccc4)cc3)c12. The van der Waals surface area contributed by atoms with Gasteiger partial charge in [-0.25, -0.2) is 4.79 Å². The molecule has 194 valence electrons. The summed E-state index contributed by atoms with van der Waals surface area (Å²) in [6, 6.07) is 24.2.